The maximum absolute atomic E-state index is 12.8. The number of fused-ring (bicyclic) bond motifs is 1. The van der Waals surface area contributed by atoms with Crippen LogP contribution in [0.15, 0.2) is 58.1 Å². The number of carbonyl (C=O) groups is 2. The molecule has 0 fully saturated rings. The SMILES string of the molecule is CN(CC(=O)NC(C)(C)C)C(=O)c1ccc2c(=O)n(-c3ccccc3)c(=O)[nH]c2c1. The van der Waals surface area contributed by atoms with Crippen molar-refractivity contribution in [3.05, 3.63) is 74.9 Å². The molecule has 0 spiro atoms. The second kappa shape index (κ2) is 7.98. The summed E-state index contributed by atoms with van der Waals surface area (Å²) < 4.78 is 1.05. The number of nitrogens with zero attached hydrogens (tertiary/aromatic N) is 2. The standard InChI is InChI=1S/C22H24N4O4/c1-22(2,3)24-18(27)13-25(4)19(28)14-10-11-16-17(12-14)23-21(30)26(20(16)29)15-8-6-5-7-9-15/h5-12H,13H2,1-4H3,(H,23,30)(H,24,27). The van der Waals surface area contributed by atoms with Gasteiger partial charge in [-0.15, -0.1) is 0 Å². The van der Waals surface area contributed by atoms with E-state index in [9.17, 15) is 19.2 Å². The van der Waals surface area contributed by atoms with Gasteiger partial charge in [-0.2, -0.15) is 0 Å². The van der Waals surface area contributed by atoms with Gasteiger partial charge in [-0.1, -0.05) is 18.2 Å². The number of hydrogen-bond donors (Lipinski definition) is 2. The van der Waals surface area contributed by atoms with Crippen molar-refractivity contribution in [3.8, 4) is 5.69 Å². The Balaban J connectivity index is 1.92. The Bertz CT molecular complexity index is 1220. The van der Waals surface area contributed by atoms with Crippen LogP contribution < -0.4 is 16.6 Å². The highest BCUT2D eigenvalue weighted by atomic mass is 16.2. The van der Waals surface area contributed by atoms with Gasteiger partial charge < -0.3 is 15.2 Å². The molecule has 30 heavy (non-hydrogen) atoms. The van der Waals surface area contributed by atoms with Crippen LogP contribution in [0.4, 0.5) is 0 Å². The van der Waals surface area contributed by atoms with Crippen molar-refractivity contribution < 1.29 is 9.59 Å². The van der Waals surface area contributed by atoms with Crippen molar-refractivity contribution in [1.29, 1.82) is 0 Å². The van der Waals surface area contributed by atoms with Crippen LogP contribution in [0.5, 0.6) is 0 Å². The van der Waals surface area contributed by atoms with Crippen LogP contribution in [0.3, 0.4) is 0 Å². The summed E-state index contributed by atoms with van der Waals surface area (Å²) in [5.41, 5.74) is -0.493. The van der Waals surface area contributed by atoms with Crippen molar-refractivity contribution in [2.24, 2.45) is 0 Å². The fraction of sp³-hybridized carbons (Fsp3) is 0.273. The van der Waals surface area contributed by atoms with E-state index >= 15 is 0 Å². The van der Waals surface area contributed by atoms with Gasteiger partial charge in [0, 0.05) is 18.2 Å². The van der Waals surface area contributed by atoms with E-state index in [0.717, 1.165) is 4.57 Å². The van der Waals surface area contributed by atoms with Gasteiger partial charge in [0.2, 0.25) is 5.91 Å². The molecular weight excluding hydrogens is 384 g/mol. The molecule has 8 nitrogen and oxygen atoms in total. The normalized spacial score (nSPS) is 11.3. The predicted molar refractivity (Wildman–Crippen MR) is 115 cm³/mol. The lowest BCUT2D eigenvalue weighted by Gasteiger charge is -2.23. The lowest BCUT2D eigenvalue weighted by Crippen LogP contribution is -2.46. The van der Waals surface area contributed by atoms with Crippen molar-refractivity contribution in [1.82, 2.24) is 19.8 Å². The summed E-state index contributed by atoms with van der Waals surface area (Å²) in [5, 5.41) is 3.08. The quantitative estimate of drug-likeness (QED) is 0.685. The number of hydrogen-bond acceptors (Lipinski definition) is 4. The van der Waals surface area contributed by atoms with Crippen LogP contribution in [-0.2, 0) is 4.79 Å². The summed E-state index contributed by atoms with van der Waals surface area (Å²) in [6.45, 7) is 5.46. The van der Waals surface area contributed by atoms with E-state index in [2.05, 4.69) is 10.3 Å². The van der Waals surface area contributed by atoms with Gasteiger partial charge in [-0.25, -0.2) is 9.36 Å². The number of carbonyl (C=O) groups excluding carboxylic acids is 2. The minimum absolute atomic E-state index is 0.111. The van der Waals surface area contributed by atoms with E-state index in [-0.39, 0.29) is 28.9 Å². The largest absolute Gasteiger partial charge is 0.350 e. The highest BCUT2D eigenvalue weighted by Gasteiger charge is 2.19. The molecule has 156 valence electrons. The fourth-order valence-corrected chi connectivity index (χ4v) is 3.13. The molecule has 0 bridgehead atoms. The number of amides is 2. The average molecular weight is 408 g/mol. The molecule has 0 aliphatic carbocycles. The van der Waals surface area contributed by atoms with E-state index in [4.69, 9.17) is 0 Å². The molecule has 0 aliphatic heterocycles. The molecule has 1 heterocycles. The first-order chi connectivity index (χ1) is 14.1. The topological polar surface area (TPSA) is 104 Å². The second-order valence-electron chi connectivity index (χ2n) is 8.13. The molecule has 1 aromatic heterocycles. The first-order valence-electron chi connectivity index (χ1n) is 9.48. The lowest BCUT2D eigenvalue weighted by atomic mass is 10.1. The van der Waals surface area contributed by atoms with Crippen LogP contribution in [-0.4, -0.2) is 45.4 Å². The molecule has 0 aliphatic rings. The molecule has 3 rings (SSSR count). The predicted octanol–water partition coefficient (Wildman–Crippen LogP) is 1.67. The van der Waals surface area contributed by atoms with Crippen molar-refractivity contribution >= 4 is 22.7 Å². The molecule has 0 atom stereocenters. The van der Waals surface area contributed by atoms with E-state index in [1.807, 2.05) is 20.8 Å². The third-order valence-electron chi connectivity index (χ3n) is 4.40. The van der Waals surface area contributed by atoms with Gasteiger partial charge in [-0.05, 0) is 51.1 Å². The Labute approximate surface area is 173 Å². The summed E-state index contributed by atoms with van der Waals surface area (Å²) in [7, 11) is 1.52. The molecule has 0 saturated heterocycles. The van der Waals surface area contributed by atoms with Crippen LogP contribution in [0.25, 0.3) is 16.6 Å². The summed E-state index contributed by atoms with van der Waals surface area (Å²) in [4.78, 5) is 54.1. The summed E-state index contributed by atoms with van der Waals surface area (Å²) in [6, 6.07) is 13.1. The number of aromatic amines is 1. The number of H-pyrrole nitrogens is 1. The zero-order valence-electron chi connectivity index (χ0n) is 17.4. The van der Waals surface area contributed by atoms with Gasteiger partial charge in [-0.3, -0.25) is 14.4 Å². The first-order valence-corrected chi connectivity index (χ1v) is 9.48. The minimum atomic E-state index is -0.596. The number of nitrogens with one attached hydrogen (secondary N) is 2. The van der Waals surface area contributed by atoms with Gasteiger partial charge in [0.25, 0.3) is 11.5 Å². The molecule has 2 N–H and O–H groups in total. The van der Waals surface area contributed by atoms with E-state index in [1.165, 1.54) is 30.1 Å². The third kappa shape index (κ3) is 4.48. The highest BCUT2D eigenvalue weighted by Crippen LogP contribution is 2.12. The van der Waals surface area contributed by atoms with Crippen LogP contribution in [0.2, 0.25) is 0 Å². The van der Waals surface area contributed by atoms with Crippen molar-refractivity contribution in [2.75, 3.05) is 13.6 Å². The van der Waals surface area contributed by atoms with Gasteiger partial charge in [0.15, 0.2) is 0 Å². The zero-order valence-corrected chi connectivity index (χ0v) is 17.4. The van der Waals surface area contributed by atoms with E-state index in [1.54, 1.807) is 30.3 Å². The van der Waals surface area contributed by atoms with E-state index in [0.29, 0.717) is 5.69 Å². The Morgan fingerprint density at radius 3 is 2.37 bits per heavy atom. The average Bonchev–Trinajstić information content (AvgIpc) is 2.66. The summed E-state index contributed by atoms with van der Waals surface area (Å²) in [6.07, 6.45) is 0. The Morgan fingerprint density at radius 1 is 1.07 bits per heavy atom. The van der Waals surface area contributed by atoms with Crippen LogP contribution >= 0.6 is 0 Å². The number of likely N-dealkylation sites (N-methyl/N-ethyl adjacent to an activating group) is 1. The highest BCUT2D eigenvalue weighted by molar-refractivity contribution is 5.99. The molecule has 8 heteroatoms. The van der Waals surface area contributed by atoms with Crippen LogP contribution in [0, 0.1) is 0 Å². The third-order valence-corrected chi connectivity index (χ3v) is 4.40. The zero-order chi connectivity index (χ0) is 22.1. The summed E-state index contributed by atoms with van der Waals surface area (Å²) in [5.74, 6) is -0.674. The summed E-state index contributed by atoms with van der Waals surface area (Å²) >= 11 is 0. The Kier molecular flexibility index (Phi) is 5.60. The lowest BCUT2D eigenvalue weighted by molar-refractivity contribution is -0.122. The maximum atomic E-state index is 12.8. The molecule has 0 saturated carbocycles. The smallest absolute Gasteiger partial charge is 0.333 e. The fourth-order valence-electron chi connectivity index (χ4n) is 3.13. The molecule has 2 aromatic carbocycles. The van der Waals surface area contributed by atoms with Crippen LogP contribution in [0.1, 0.15) is 31.1 Å². The molecule has 3 aromatic rings. The molecule has 0 radical (unpaired) electrons. The number of aromatic nitrogens is 2. The first kappa shape index (κ1) is 21.0. The second-order valence-corrected chi connectivity index (χ2v) is 8.13. The number of benzene rings is 2. The van der Waals surface area contributed by atoms with Gasteiger partial charge >= 0.3 is 5.69 Å². The maximum Gasteiger partial charge on any atom is 0.333 e. The van der Waals surface area contributed by atoms with E-state index < -0.39 is 22.7 Å². The molecular formula is C22H24N4O4. The number of para-hydroxylation sites is 1. The Hall–Kier alpha value is -3.68. The van der Waals surface area contributed by atoms with Crippen molar-refractivity contribution in [3.63, 3.8) is 0 Å². The van der Waals surface area contributed by atoms with Gasteiger partial charge in [0.05, 0.1) is 23.1 Å². The van der Waals surface area contributed by atoms with Crippen molar-refractivity contribution in [2.45, 2.75) is 26.3 Å². The molecule has 2 amide bonds. The monoisotopic (exact) mass is 408 g/mol. The van der Waals surface area contributed by atoms with Gasteiger partial charge in [0.1, 0.15) is 0 Å². The number of rotatable bonds is 4. The minimum Gasteiger partial charge on any atom is -0.350 e. The Morgan fingerprint density at radius 2 is 1.73 bits per heavy atom. The molecule has 0 unspecified atom stereocenters.